The van der Waals surface area contributed by atoms with Crippen LogP contribution < -0.4 is 9.80 Å². The quantitative estimate of drug-likeness (QED) is 0.0511. The number of halogens is 6. The fourth-order valence-electron chi connectivity index (χ4n) is 7.52. The van der Waals surface area contributed by atoms with Crippen molar-refractivity contribution in [2.45, 2.75) is 20.8 Å². The second-order valence-corrected chi connectivity index (χ2v) is 18.1. The molecule has 7 heterocycles. The van der Waals surface area contributed by atoms with E-state index in [1.54, 1.807) is 73.1 Å². The number of aryl methyl sites for hydroxylation is 1. The molecule has 24 heteroatoms. The van der Waals surface area contributed by atoms with Gasteiger partial charge in [0.2, 0.25) is 0 Å². The zero-order valence-corrected chi connectivity index (χ0v) is 61.5. The van der Waals surface area contributed by atoms with E-state index in [0.29, 0.717) is 17.1 Å². The van der Waals surface area contributed by atoms with Crippen LogP contribution in [-0.2, 0) is 105 Å². The van der Waals surface area contributed by atoms with Crippen molar-refractivity contribution >= 4 is 34.5 Å². The van der Waals surface area contributed by atoms with E-state index in [1.165, 1.54) is 56.0 Å². The zero-order valence-electron chi connectivity index (χ0n) is 49.5. The number of fused-ring (bicyclic) bond motifs is 1. The van der Waals surface area contributed by atoms with E-state index in [2.05, 4.69) is 119 Å². The molecule has 0 saturated carbocycles. The summed E-state index contributed by atoms with van der Waals surface area (Å²) in [6, 6.07) is 66.0. The van der Waals surface area contributed by atoms with Crippen LogP contribution in [0.4, 0.5) is 49.1 Å². The van der Waals surface area contributed by atoms with Crippen LogP contribution >= 0.6 is 0 Å². The molecule has 1 aliphatic rings. The second kappa shape index (κ2) is 44.2. The van der Waals surface area contributed by atoms with Crippen LogP contribution in [-0.4, -0.2) is 58.9 Å². The third-order valence-corrected chi connectivity index (χ3v) is 11.4. The molecule has 5 radical (unpaired) electrons. The van der Waals surface area contributed by atoms with Gasteiger partial charge in [-0.2, -0.15) is 37.0 Å². The van der Waals surface area contributed by atoms with Crippen LogP contribution in [0.3, 0.4) is 0 Å². The number of aliphatic hydroxyl groups is 1. The Labute approximate surface area is 608 Å². The van der Waals surface area contributed by atoms with Crippen molar-refractivity contribution in [1.29, 1.82) is 0 Å². The molecule has 1 aliphatic heterocycles. The summed E-state index contributed by atoms with van der Waals surface area (Å²) in [7, 11) is 2.06. The zero-order chi connectivity index (χ0) is 64.1. The molecular formula is C70H51F6Ir5N9O4-6. The van der Waals surface area contributed by atoms with Crippen molar-refractivity contribution in [2.24, 2.45) is 0 Å². The van der Waals surface area contributed by atoms with E-state index < -0.39 is 46.8 Å². The standard InChI is InChI=1S/C14H12N2.C13H7F2N2.C11H6F2N.C11H8N.C10H5F2N2.C6H5NO2.C5H8O2.5Ir/c1-15-11-16(12-7-3-2-4-8-12)14-10-6-5-9-13(14)15;1-8-5-6-17-11(7-8)9-3-4-10(14)13(16-2)12(9)15;12-8-4-5-9(10(13)7-8)11-3-1-2-6-14-11;1-2-6-10(7-3-1)11-8-4-5-9-12-11;11-9-5-4-7(10(12)14-9)8-3-1-2-6-13-8;8-6(9)5-3-1-2-4-7-5;1-4(6)3-5(2)7;;;;;/h2-7,9-11H,1H3;4-7H,1H3;1-4,6-7H;1-6,8-9H;1-3,5-6H;1-4H,(H,8,9);3,6H,1-2H3;;;;;/q-2;4*-1;;;;;;;. The number of carboxylic acid groups (broad SMARTS) is 1. The Balaban J connectivity index is 0.000000551. The number of carbonyl (C=O) groups excluding carboxylic acids is 1. The molecule has 0 amide bonds. The first-order chi connectivity index (χ1) is 42.9. The van der Waals surface area contributed by atoms with Gasteiger partial charge in [-0.3, -0.25) is 32.2 Å². The van der Waals surface area contributed by atoms with Crippen molar-refractivity contribution in [2.75, 3.05) is 16.8 Å². The van der Waals surface area contributed by atoms with Crippen LogP contribution in [0.25, 0.3) is 49.9 Å². The number of rotatable bonds is 7. The maximum Gasteiger partial charge on any atom is 0.354 e. The van der Waals surface area contributed by atoms with Gasteiger partial charge < -0.3 is 39.9 Å². The molecule has 0 aliphatic carbocycles. The summed E-state index contributed by atoms with van der Waals surface area (Å²) in [4.78, 5) is 49.9. The normalized spacial score (nSPS) is 10.2. The number of hydrogen-bond donors (Lipinski definition) is 2. The van der Waals surface area contributed by atoms with Crippen LogP contribution in [0.5, 0.6) is 0 Å². The molecule has 5 aromatic carbocycles. The molecule has 0 saturated heterocycles. The van der Waals surface area contributed by atoms with Gasteiger partial charge in [-0.15, -0.1) is 77.5 Å². The van der Waals surface area contributed by atoms with E-state index in [1.807, 2.05) is 67.6 Å². The van der Waals surface area contributed by atoms with Crippen molar-refractivity contribution < 1.29 is 147 Å². The second-order valence-electron chi connectivity index (χ2n) is 18.1. The third kappa shape index (κ3) is 26.9. The number of aliphatic hydroxyl groups excluding tert-OH is 1. The van der Waals surface area contributed by atoms with Crippen molar-refractivity contribution in [3.63, 3.8) is 0 Å². The Hall–Kier alpha value is -8.40. The molecule has 493 valence electrons. The van der Waals surface area contributed by atoms with Gasteiger partial charge in [0.05, 0.1) is 12.3 Å². The molecule has 2 N–H and O–H groups in total. The third-order valence-electron chi connectivity index (χ3n) is 11.4. The number of carboxylic acids is 1. The summed E-state index contributed by atoms with van der Waals surface area (Å²) >= 11 is 0. The van der Waals surface area contributed by atoms with Gasteiger partial charge in [-0.25, -0.2) is 18.6 Å². The molecule has 12 rings (SSSR count). The number of anilines is 3. The summed E-state index contributed by atoms with van der Waals surface area (Å²) in [6.45, 7) is 13.5. The van der Waals surface area contributed by atoms with Gasteiger partial charge in [-0.1, -0.05) is 89.5 Å². The minimum Gasteiger partial charge on any atom is -0.512 e. The fraction of sp³-hybridized carbons (Fsp3) is 0.0571. The average molecular weight is 2160 g/mol. The van der Waals surface area contributed by atoms with Crippen molar-refractivity contribution in [3.05, 3.63) is 320 Å². The molecule has 0 bridgehead atoms. The number of carbonyl (C=O) groups is 2. The van der Waals surface area contributed by atoms with Gasteiger partial charge in [0, 0.05) is 172 Å². The minimum atomic E-state index is -0.990. The average Bonchev–Trinajstić information content (AvgIpc) is 1.57. The number of aromatic carboxylic acids is 1. The molecule has 0 unspecified atom stereocenters. The van der Waals surface area contributed by atoms with Crippen LogP contribution in [0.2, 0.25) is 0 Å². The monoisotopic (exact) mass is 2160 g/mol. The van der Waals surface area contributed by atoms with Crippen molar-refractivity contribution in [1.82, 2.24) is 29.9 Å². The Kier molecular flexibility index (Phi) is 39.4. The van der Waals surface area contributed by atoms with E-state index in [4.69, 9.17) is 16.8 Å². The van der Waals surface area contributed by atoms with Gasteiger partial charge in [0.1, 0.15) is 17.6 Å². The van der Waals surface area contributed by atoms with Crippen molar-refractivity contribution in [3.8, 4) is 45.0 Å². The summed E-state index contributed by atoms with van der Waals surface area (Å²) < 4.78 is 78.3. The maximum atomic E-state index is 13.8. The molecule has 13 nitrogen and oxygen atoms in total. The number of benzene rings is 5. The molecule has 0 atom stereocenters. The number of aromatic nitrogens is 6. The molecule has 0 fully saturated rings. The Morgan fingerprint density at radius 2 is 1.09 bits per heavy atom. The number of ketones is 1. The summed E-state index contributed by atoms with van der Waals surface area (Å²) in [5, 5.41) is 16.7. The predicted octanol–water partition coefficient (Wildman–Crippen LogP) is 16.3. The number of allylic oxidation sites excluding steroid dienone is 2. The van der Waals surface area contributed by atoms with Crippen LogP contribution in [0.15, 0.2) is 225 Å². The Morgan fingerprint density at radius 3 is 1.56 bits per heavy atom. The summed E-state index contributed by atoms with van der Waals surface area (Å²) in [5.74, 6) is -5.95. The fourth-order valence-corrected chi connectivity index (χ4v) is 7.52. The molecule has 11 aromatic rings. The number of nitrogens with zero attached hydrogens (tertiary/aromatic N) is 9. The van der Waals surface area contributed by atoms with Gasteiger partial charge in [0.25, 0.3) is 0 Å². The molecule has 0 spiro atoms. The maximum absolute atomic E-state index is 13.8. The number of para-hydroxylation sites is 3. The van der Waals surface area contributed by atoms with E-state index in [9.17, 15) is 35.9 Å². The summed E-state index contributed by atoms with van der Waals surface area (Å²) in [6.07, 6.45) is 9.00. The van der Waals surface area contributed by atoms with Crippen LogP contribution in [0.1, 0.15) is 29.9 Å². The van der Waals surface area contributed by atoms with Gasteiger partial charge in [0.15, 0.2) is 11.5 Å². The topological polar surface area (TPSA) is 163 Å². The van der Waals surface area contributed by atoms with Gasteiger partial charge >= 0.3 is 5.97 Å². The molecule has 6 aromatic heterocycles. The van der Waals surface area contributed by atoms with Crippen LogP contribution in [0, 0.1) is 85.7 Å². The molecular weight excluding hydrogens is 2110 g/mol. The first kappa shape index (κ1) is 83.6. The first-order valence-corrected chi connectivity index (χ1v) is 26.4. The van der Waals surface area contributed by atoms with E-state index in [0.717, 1.165) is 46.8 Å². The SMILES string of the molecule is CC(=O)C=C(C)O.CN1[CH-]N(c2[c-]cccc2)c2ccccc21.Fc1c[c-]c(-c2ccccn2)c(F)c1.Fc1c[c-]c(-c2ccccn2)c(F)n1.O=C(O)c1ccccn1.[C-]#[N+]c1c(F)c[c-]c(-c2cc(C)ccn2)c1F.[Ir].[Ir].[Ir].[Ir].[Ir].[c-]1ccccc1-c1ccccn1. The largest absolute Gasteiger partial charge is 0.512 e. The number of pyridine rings is 6. The number of hydrogen-bond acceptors (Lipinski definition) is 11. The minimum absolute atomic E-state index is 0. The van der Waals surface area contributed by atoms with E-state index in [-0.39, 0.29) is 134 Å². The molecule has 94 heavy (non-hydrogen) atoms. The van der Waals surface area contributed by atoms with E-state index >= 15 is 0 Å². The Morgan fingerprint density at radius 1 is 0.553 bits per heavy atom. The Bertz CT molecular complexity index is 4000. The van der Waals surface area contributed by atoms with Gasteiger partial charge in [-0.05, 0) is 99.1 Å². The summed E-state index contributed by atoms with van der Waals surface area (Å²) in [5.41, 5.74) is 7.31. The first-order valence-electron chi connectivity index (χ1n) is 26.4. The predicted molar refractivity (Wildman–Crippen MR) is 327 cm³/mol. The smallest absolute Gasteiger partial charge is 0.354 e.